The maximum Gasteiger partial charge on any atom is 0.261 e. The quantitative estimate of drug-likeness (QED) is 0.408. The van der Waals surface area contributed by atoms with Gasteiger partial charge in [-0.3, -0.25) is 19.3 Å². The lowest BCUT2D eigenvalue weighted by atomic mass is 10.1. The molecule has 0 spiro atoms. The zero-order chi connectivity index (χ0) is 22.1. The first-order valence-electron chi connectivity index (χ1n) is 9.08. The lowest BCUT2D eigenvalue weighted by Crippen LogP contribution is -2.24. The maximum atomic E-state index is 12.3. The van der Waals surface area contributed by atoms with E-state index in [4.69, 9.17) is 11.6 Å². The molecule has 2 N–H and O–H groups in total. The van der Waals surface area contributed by atoms with Crippen molar-refractivity contribution < 1.29 is 14.4 Å². The highest BCUT2D eigenvalue weighted by atomic mass is 35.5. The first kappa shape index (κ1) is 21.3. The number of benzene rings is 2. The van der Waals surface area contributed by atoms with Gasteiger partial charge in [-0.2, -0.15) is 0 Å². The Kier molecular flexibility index (Phi) is 5.94. The normalized spacial score (nSPS) is 12.8. The number of halogens is 1. The third-order valence-electron chi connectivity index (χ3n) is 4.62. The van der Waals surface area contributed by atoms with Gasteiger partial charge >= 0.3 is 0 Å². The van der Waals surface area contributed by atoms with Crippen LogP contribution >= 0.6 is 34.7 Å². The van der Waals surface area contributed by atoms with Crippen LogP contribution in [0.25, 0.3) is 0 Å². The monoisotopic (exact) mass is 473 g/mol. The van der Waals surface area contributed by atoms with Crippen molar-refractivity contribution in [2.75, 3.05) is 23.4 Å². The molecule has 4 rings (SSSR count). The number of aromatic nitrogens is 2. The van der Waals surface area contributed by atoms with Crippen LogP contribution in [0.15, 0.2) is 40.7 Å². The van der Waals surface area contributed by atoms with Gasteiger partial charge in [0.25, 0.3) is 11.8 Å². The van der Waals surface area contributed by atoms with Gasteiger partial charge < -0.3 is 10.6 Å². The number of nitrogens with one attached hydrogen (secondary N) is 2. The molecule has 2 aromatic carbocycles. The van der Waals surface area contributed by atoms with Crippen LogP contribution in [0.2, 0.25) is 5.02 Å². The summed E-state index contributed by atoms with van der Waals surface area (Å²) < 4.78 is 0.633. The zero-order valence-electron chi connectivity index (χ0n) is 16.4. The maximum absolute atomic E-state index is 12.3. The van der Waals surface area contributed by atoms with Crippen LogP contribution in [0.3, 0.4) is 0 Å². The van der Waals surface area contributed by atoms with Gasteiger partial charge in [-0.25, -0.2) is 0 Å². The van der Waals surface area contributed by atoms with E-state index in [2.05, 4.69) is 20.8 Å². The van der Waals surface area contributed by atoms with Crippen molar-refractivity contribution in [3.8, 4) is 0 Å². The van der Waals surface area contributed by atoms with Gasteiger partial charge in [-0.1, -0.05) is 40.8 Å². The molecule has 1 aliphatic heterocycles. The molecule has 0 atom stereocenters. The highest BCUT2D eigenvalue weighted by Crippen LogP contribution is 2.31. The summed E-state index contributed by atoms with van der Waals surface area (Å²) in [5, 5.41) is 15.3. The van der Waals surface area contributed by atoms with E-state index in [0.29, 0.717) is 25.7 Å². The van der Waals surface area contributed by atoms with Crippen molar-refractivity contribution in [2.24, 2.45) is 0 Å². The molecule has 31 heavy (non-hydrogen) atoms. The van der Waals surface area contributed by atoms with Crippen molar-refractivity contribution in [2.45, 2.75) is 11.3 Å². The summed E-state index contributed by atoms with van der Waals surface area (Å²) in [7, 11) is 1.43. The third-order valence-corrected chi connectivity index (χ3v) is 7.00. The van der Waals surface area contributed by atoms with Crippen LogP contribution in [-0.2, 0) is 4.79 Å². The number of hydrogen-bond donors (Lipinski definition) is 2. The fourth-order valence-electron chi connectivity index (χ4n) is 2.94. The Labute approximate surface area is 191 Å². The lowest BCUT2D eigenvalue weighted by Gasteiger charge is -2.07. The largest absolute Gasteiger partial charge is 0.330 e. The van der Waals surface area contributed by atoms with Crippen LogP contribution in [0.4, 0.5) is 16.5 Å². The van der Waals surface area contributed by atoms with Crippen molar-refractivity contribution >= 4 is 68.9 Å². The Balaban J connectivity index is 1.34. The Bertz CT molecular complexity index is 1210. The third kappa shape index (κ3) is 4.41. The van der Waals surface area contributed by atoms with Gasteiger partial charge in [0.05, 0.1) is 16.9 Å². The minimum atomic E-state index is -0.380. The van der Waals surface area contributed by atoms with Crippen molar-refractivity contribution in [3.05, 3.63) is 58.1 Å². The van der Waals surface area contributed by atoms with E-state index in [1.807, 2.05) is 25.1 Å². The van der Waals surface area contributed by atoms with Gasteiger partial charge in [-0.15, -0.1) is 10.2 Å². The summed E-state index contributed by atoms with van der Waals surface area (Å²) in [6.07, 6.45) is 0. The number of hydrogen-bond acceptors (Lipinski definition) is 8. The first-order chi connectivity index (χ1) is 14.8. The summed E-state index contributed by atoms with van der Waals surface area (Å²) in [6, 6.07) is 10.2. The topological polar surface area (TPSA) is 104 Å². The van der Waals surface area contributed by atoms with Crippen LogP contribution < -0.4 is 10.6 Å². The lowest BCUT2D eigenvalue weighted by molar-refractivity contribution is -0.113. The molecule has 0 saturated carbocycles. The summed E-state index contributed by atoms with van der Waals surface area (Å²) >= 11 is 8.71. The van der Waals surface area contributed by atoms with Crippen LogP contribution in [0.5, 0.6) is 0 Å². The molecule has 1 aliphatic rings. The highest BCUT2D eigenvalue weighted by molar-refractivity contribution is 8.01. The van der Waals surface area contributed by atoms with E-state index in [1.165, 1.54) is 36.2 Å². The standard InChI is InChI=1S/C20H16ClN5O3S2/c1-10-14(21)4-3-5-15(10)23-19-24-25-20(31-19)30-9-16(27)22-11-6-7-12-13(8-11)18(29)26(2)17(12)28/h3-8H,9H2,1-2H3,(H,22,27)(H,23,24). The first-order valence-corrected chi connectivity index (χ1v) is 11.3. The predicted molar refractivity (Wildman–Crippen MR) is 122 cm³/mol. The number of carbonyl (C=O) groups is 3. The fourth-order valence-corrected chi connectivity index (χ4v) is 4.68. The summed E-state index contributed by atoms with van der Waals surface area (Å²) in [6.45, 7) is 1.91. The molecule has 0 saturated heterocycles. The van der Waals surface area contributed by atoms with E-state index in [1.54, 1.807) is 12.1 Å². The molecule has 1 aromatic heterocycles. The average Bonchev–Trinajstić information content (AvgIpc) is 3.28. The van der Waals surface area contributed by atoms with E-state index in [0.717, 1.165) is 16.2 Å². The van der Waals surface area contributed by atoms with Crippen molar-refractivity contribution in [1.82, 2.24) is 15.1 Å². The molecular weight excluding hydrogens is 458 g/mol. The molecule has 2 heterocycles. The molecule has 3 amide bonds. The molecular formula is C20H16ClN5O3S2. The second kappa shape index (κ2) is 8.66. The van der Waals surface area contributed by atoms with Gasteiger partial charge in [-0.05, 0) is 42.8 Å². The second-order valence-electron chi connectivity index (χ2n) is 6.68. The van der Waals surface area contributed by atoms with Crippen LogP contribution in [0.1, 0.15) is 26.3 Å². The van der Waals surface area contributed by atoms with Crippen molar-refractivity contribution in [3.63, 3.8) is 0 Å². The number of nitrogens with zero attached hydrogens (tertiary/aromatic N) is 3. The molecule has 0 fully saturated rings. The van der Waals surface area contributed by atoms with Gasteiger partial charge in [0.1, 0.15) is 0 Å². The summed E-state index contributed by atoms with van der Waals surface area (Å²) in [4.78, 5) is 37.4. The Morgan fingerprint density at radius 1 is 1.16 bits per heavy atom. The van der Waals surface area contributed by atoms with E-state index >= 15 is 0 Å². The minimum Gasteiger partial charge on any atom is -0.330 e. The average molecular weight is 474 g/mol. The molecule has 3 aromatic rings. The molecule has 158 valence electrons. The number of thioether (sulfide) groups is 1. The molecule has 11 heteroatoms. The Morgan fingerprint density at radius 3 is 2.74 bits per heavy atom. The van der Waals surface area contributed by atoms with Gasteiger partial charge in [0.15, 0.2) is 4.34 Å². The van der Waals surface area contributed by atoms with Crippen LogP contribution in [-0.4, -0.2) is 45.6 Å². The van der Waals surface area contributed by atoms with E-state index in [-0.39, 0.29) is 29.0 Å². The fraction of sp³-hybridized carbons (Fsp3) is 0.150. The number of rotatable bonds is 6. The Hall–Kier alpha value is -2.95. The minimum absolute atomic E-state index is 0.120. The number of amides is 3. The summed E-state index contributed by atoms with van der Waals surface area (Å²) in [5.41, 5.74) is 2.83. The SMILES string of the molecule is Cc1c(Cl)cccc1Nc1nnc(SCC(=O)Nc2ccc3c(c2)C(=O)N(C)C3=O)s1. The van der Waals surface area contributed by atoms with Crippen LogP contribution in [0, 0.1) is 6.92 Å². The van der Waals surface area contributed by atoms with Gasteiger partial charge in [0, 0.05) is 23.4 Å². The molecule has 0 bridgehead atoms. The number of carbonyl (C=O) groups excluding carboxylic acids is 3. The second-order valence-corrected chi connectivity index (χ2v) is 9.28. The molecule has 0 unspecified atom stereocenters. The summed E-state index contributed by atoms with van der Waals surface area (Å²) in [5.74, 6) is -0.865. The van der Waals surface area contributed by atoms with E-state index < -0.39 is 0 Å². The van der Waals surface area contributed by atoms with Gasteiger partial charge in [0.2, 0.25) is 11.0 Å². The van der Waals surface area contributed by atoms with Crippen molar-refractivity contribution in [1.29, 1.82) is 0 Å². The predicted octanol–water partition coefficient (Wildman–Crippen LogP) is 4.20. The highest BCUT2D eigenvalue weighted by Gasteiger charge is 2.32. The molecule has 8 nitrogen and oxygen atoms in total. The molecule has 0 aliphatic carbocycles. The molecule has 0 radical (unpaired) electrons. The smallest absolute Gasteiger partial charge is 0.261 e. The number of imide groups is 1. The zero-order valence-corrected chi connectivity index (χ0v) is 18.8. The van der Waals surface area contributed by atoms with E-state index in [9.17, 15) is 14.4 Å². The Morgan fingerprint density at radius 2 is 1.94 bits per heavy atom. The number of fused-ring (bicyclic) bond motifs is 1. The number of anilines is 3.